The third-order valence-electron chi connectivity index (χ3n) is 5.21. The molecule has 8 nitrogen and oxygen atoms in total. The van der Waals surface area contributed by atoms with Gasteiger partial charge in [-0.3, -0.25) is 0 Å². The van der Waals surface area contributed by atoms with Crippen LogP contribution in [0.15, 0.2) is 30.6 Å². The van der Waals surface area contributed by atoms with E-state index in [-0.39, 0.29) is 5.92 Å². The lowest BCUT2D eigenvalue weighted by atomic mass is 9.92. The average molecular weight is 367 g/mol. The van der Waals surface area contributed by atoms with Gasteiger partial charge in [0.1, 0.15) is 11.9 Å². The molecule has 2 unspecified atom stereocenters. The molecule has 2 atom stereocenters. The zero-order valence-electron chi connectivity index (χ0n) is 15.9. The normalized spacial score (nSPS) is 18.7. The first kappa shape index (κ1) is 17.7. The Balaban J connectivity index is 1.50. The third-order valence-corrected chi connectivity index (χ3v) is 5.21. The highest BCUT2D eigenvalue weighted by molar-refractivity contribution is 5.40. The van der Waals surface area contributed by atoms with E-state index >= 15 is 0 Å². The Hall–Kier alpha value is -2.74. The number of aliphatic hydroxyl groups is 1. The fraction of sp³-hybridized carbons (Fsp3) is 0.474. The van der Waals surface area contributed by atoms with Gasteiger partial charge >= 0.3 is 0 Å². The summed E-state index contributed by atoms with van der Waals surface area (Å²) in [6.07, 6.45) is 4.99. The second-order valence-corrected chi connectivity index (χ2v) is 7.28. The van der Waals surface area contributed by atoms with Gasteiger partial charge in [0, 0.05) is 44.1 Å². The van der Waals surface area contributed by atoms with Gasteiger partial charge in [0.25, 0.3) is 0 Å². The third kappa shape index (κ3) is 3.44. The first-order valence-electron chi connectivity index (χ1n) is 9.30. The maximum Gasteiger partial charge on any atom is 0.176 e. The molecule has 4 heterocycles. The molecule has 142 valence electrons. The average Bonchev–Trinajstić information content (AvgIpc) is 3.26. The van der Waals surface area contributed by atoms with Crippen LogP contribution in [0, 0.1) is 19.8 Å². The molecular weight excluding hydrogens is 342 g/mol. The predicted molar refractivity (Wildman–Crippen MR) is 102 cm³/mol. The number of nitrogens with zero attached hydrogens (tertiary/aromatic N) is 7. The molecule has 0 radical (unpaired) electrons. The lowest BCUT2D eigenvalue weighted by Gasteiger charge is -2.35. The highest BCUT2D eigenvalue weighted by atomic mass is 16.3. The van der Waals surface area contributed by atoms with Crippen molar-refractivity contribution >= 4 is 5.82 Å². The van der Waals surface area contributed by atoms with E-state index in [1.807, 2.05) is 49.9 Å². The Morgan fingerprint density at radius 3 is 2.59 bits per heavy atom. The summed E-state index contributed by atoms with van der Waals surface area (Å²) in [5.41, 5.74) is 1.99. The predicted octanol–water partition coefficient (Wildman–Crippen LogP) is 1.96. The van der Waals surface area contributed by atoms with Gasteiger partial charge in [-0.15, -0.1) is 10.2 Å². The molecule has 3 aromatic heterocycles. The number of rotatable bonds is 4. The van der Waals surface area contributed by atoms with Crippen molar-refractivity contribution < 1.29 is 5.11 Å². The van der Waals surface area contributed by atoms with Crippen molar-refractivity contribution in [3.8, 4) is 5.82 Å². The molecular formula is C19H25N7O. The highest BCUT2D eigenvalue weighted by Crippen LogP contribution is 2.30. The van der Waals surface area contributed by atoms with Crippen LogP contribution in [-0.2, 0) is 7.05 Å². The van der Waals surface area contributed by atoms with E-state index in [0.29, 0.717) is 11.6 Å². The second-order valence-electron chi connectivity index (χ2n) is 7.28. The standard InChI is InChI=1S/C19H25N7O/c1-13-11-14(2)26(23-13)17-7-6-16(21-22-17)25-9-4-5-15(12-25)18(27)19-20-8-10-24(19)3/h6-8,10-11,15,18,27H,4-5,9,12H2,1-3H3. The molecule has 0 amide bonds. The molecule has 4 rings (SSSR count). The van der Waals surface area contributed by atoms with Gasteiger partial charge in [-0.1, -0.05) is 0 Å². The Morgan fingerprint density at radius 2 is 1.96 bits per heavy atom. The van der Waals surface area contributed by atoms with Crippen molar-refractivity contribution in [2.24, 2.45) is 13.0 Å². The summed E-state index contributed by atoms with van der Waals surface area (Å²) >= 11 is 0. The number of hydrogen-bond donors (Lipinski definition) is 1. The molecule has 0 aromatic carbocycles. The van der Waals surface area contributed by atoms with Crippen LogP contribution in [0.3, 0.4) is 0 Å². The molecule has 27 heavy (non-hydrogen) atoms. The van der Waals surface area contributed by atoms with Crippen LogP contribution in [0.2, 0.25) is 0 Å². The van der Waals surface area contributed by atoms with Gasteiger partial charge in [-0.05, 0) is 44.9 Å². The number of aliphatic hydroxyl groups excluding tert-OH is 1. The maximum atomic E-state index is 10.7. The first-order valence-corrected chi connectivity index (χ1v) is 9.30. The highest BCUT2D eigenvalue weighted by Gasteiger charge is 2.29. The summed E-state index contributed by atoms with van der Waals surface area (Å²) in [5.74, 6) is 2.38. The van der Waals surface area contributed by atoms with E-state index in [9.17, 15) is 5.11 Å². The zero-order chi connectivity index (χ0) is 19.0. The van der Waals surface area contributed by atoms with Gasteiger partial charge in [-0.25, -0.2) is 9.67 Å². The summed E-state index contributed by atoms with van der Waals surface area (Å²) in [5, 5.41) is 24.0. The summed E-state index contributed by atoms with van der Waals surface area (Å²) in [6.45, 7) is 5.62. The SMILES string of the molecule is Cc1cc(C)n(-c2ccc(N3CCCC(C(O)c4nccn4C)C3)nn2)n1. The zero-order valence-corrected chi connectivity index (χ0v) is 15.9. The van der Waals surface area contributed by atoms with Gasteiger partial charge in [0.05, 0.1) is 5.69 Å². The fourth-order valence-electron chi connectivity index (χ4n) is 3.81. The van der Waals surface area contributed by atoms with E-state index in [2.05, 4.69) is 25.2 Å². The second kappa shape index (κ2) is 7.11. The Morgan fingerprint density at radius 1 is 1.19 bits per heavy atom. The minimum absolute atomic E-state index is 0.123. The largest absolute Gasteiger partial charge is 0.385 e. The summed E-state index contributed by atoms with van der Waals surface area (Å²) in [7, 11) is 1.91. The number of aromatic nitrogens is 6. The molecule has 0 saturated carbocycles. The molecule has 8 heteroatoms. The number of hydrogen-bond acceptors (Lipinski definition) is 6. The number of anilines is 1. The number of aryl methyl sites for hydroxylation is 3. The fourth-order valence-corrected chi connectivity index (χ4v) is 3.81. The smallest absolute Gasteiger partial charge is 0.176 e. The topological polar surface area (TPSA) is 84.9 Å². The summed E-state index contributed by atoms with van der Waals surface area (Å²) in [4.78, 5) is 6.49. The Labute approximate surface area is 158 Å². The van der Waals surface area contributed by atoms with Gasteiger partial charge in [0.2, 0.25) is 0 Å². The van der Waals surface area contributed by atoms with Crippen LogP contribution in [0.25, 0.3) is 5.82 Å². The molecule has 0 spiro atoms. The monoisotopic (exact) mass is 367 g/mol. The van der Waals surface area contributed by atoms with Crippen LogP contribution in [0.1, 0.15) is 36.2 Å². The van der Waals surface area contributed by atoms with Crippen molar-refractivity contribution in [1.82, 2.24) is 29.5 Å². The van der Waals surface area contributed by atoms with Crippen LogP contribution in [0.4, 0.5) is 5.82 Å². The molecule has 1 N–H and O–H groups in total. The van der Waals surface area contributed by atoms with Crippen molar-refractivity contribution in [3.63, 3.8) is 0 Å². The van der Waals surface area contributed by atoms with Crippen LogP contribution >= 0.6 is 0 Å². The molecule has 1 saturated heterocycles. The lowest BCUT2D eigenvalue weighted by molar-refractivity contribution is 0.0873. The van der Waals surface area contributed by atoms with Crippen LogP contribution in [0.5, 0.6) is 0 Å². The molecule has 3 aromatic rings. The minimum atomic E-state index is -0.574. The van der Waals surface area contributed by atoms with Crippen molar-refractivity contribution in [2.75, 3.05) is 18.0 Å². The van der Waals surface area contributed by atoms with Crippen LogP contribution in [-0.4, -0.2) is 47.7 Å². The number of piperidine rings is 1. The lowest BCUT2D eigenvalue weighted by Crippen LogP contribution is -2.39. The van der Waals surface area contributed by atoms with Gasteiger partial charge in [0.15, 0.2) is 11.6 Å². The number of imidazole rings is 1. The Kier molecular flexibility index (Phi) is 4.65. The van der Waals surface area contributed by atoms with Crippen molar-refractivity contribution in [3.05, 3.63) is 47.8 Å². The van der Waals surface area contributed by atoms with E-state index < -0.39 is 6.10 Å². The first-order chi connectivity index (χ1) is 13.0. The molecule has 0 aliphatic carbocycles. The van der Waals surface area contributed by atoms with E-state index in [1.54, 1.807) is 10.9 Å². The molecule has 1 fully saturated rings. The van der Waals surface area contributed by atoms with Gasteiger partial charge < -0.3 is 14.6 Å². The summed E-state index contributed by atoms with van der Waals surface area (Å²) in [6, 6.07) is 5.94. The maximum absolute atomic E-state index is 10.7. The van der Waals surface area contributed by atoms with Crippen molar-refractivity contribution in [2.45, 2.75) is 32.8 Å². The minimum Gasteiger partial charge on any atom is -0.385 e. The molecule has 1 aliphatic rings. The summed E-state index contributed by atoms with van der Waals surface area (Å²) < 4.78 is 3.68. The van der Waals surface area contributed by atoms with Crippen LogP contribution < -0.4 is 4.90 Å². The Bertz CT molecular complexity index is 915. The quantitative estimate of drug-likeness (QED) is 0.759. The van der Waals surface area contributed by atoms with E-state index in [1.165, 1.54) is 0 Å². The van der Waals surface area contributed by atoms with Gasteiger partial charge in [-0.2, -0.15) is 5.10 Å². The van der Waals surface area contributed by atoms with Crippen molar-refractivity contribution in [1.29, 1.82) is 0 Å². The molecule has 0 bridgehead atoms. The van der Waals surface area contributed by atoms with E-state index in [0.717, 1.165) is 43.1 Å². The van der Waals surface area contributed by atoms with E-state index in [4.69, 9.17) is 0 Å². The molecule has 1 aliphatic heterocycles.